The summed E-state index contributed by atoms with van der Waals surface area (Å²) in [6.07, 6.45) is -1.17. The quantitative estimate of drug-likeness (QED) is 0.667. The van der Waals surface area contributed by atoms with Crippen molar-refractivity contribution in [3.8, 4) is 17.0 Å². The highest BCUT2D eigenvalue weighted by molar-refractivity contribution is 9.10. The van der Waals surface area contributed by atoms with Gasteiger partial charge in [-0.2, -0.15) is 0 Å². The summed E-state index contributed by atoms with van der Waals surface area (Å²) in [6, 6.07) is 9.39. The fourth-order valence-corrected chi connectivity index (χ4v) is 2.33. The Morgan fingerprint density at radius 2 is 1.76 bits per heavy atom. The zero-order valence-corrected chi connectivity index (χ0v) is 12.0. The van der Waals surface area contributed by atoms with Crippen molar-refractivity contribution in [2.24, 2.45) is 0 Å². The van der Waals surface area contributed by atoms with Crippen LogP contribution in [0.2, 0.25) is 0 Å². The van der Waals surface area contributed by atoms with Crippen LogP contribution in [-0.2, 0) is 0 Å². The number of alkyl halides is 3. The zero-order valence-electron chi connectivity index (χ0n) is 10.4. The Bertz CT molecular complexity index is 781. The predicted molar refractivity (Wildman–Crippen MR) is 75.0 cm³/mol. The second-order valence-corrected chi connectivity index (χ2v) is 5.21. The largest absolute Gasteiger partial charge is 0.573 e. The van der Waals surface area contributed by atoms with Gasteiger partial charge in [-0.1, -0.05) is 0 Å². The summed E-state index contributed by atoms with van der Waals surface area (Å²) >= 11 is 3.37. The van der Waals surface area contributed by atoms with E-state index >= 15 is 0 Å². The average Bonchev–Trinajstić information content (AvgIpc) is 2.81. The number of rotatable bonds is 2. The van der Waals surface area contributed by atoms with Crippen LogP contribution in [0.15, 0.2) is 53.3 Å². The minimum absolute atomic E-state index is 0.249. The normalized spacial score (nSPS) is 11.8. The van der Waals surface area contributed by atoms with Gasteiger partial charge in [0.05, 0.1) is 11.9 Å². The number of hydrogen-bond acceptors (Lipinski definition) is 2. The molecule has 3 nitrogen and oxygen atoms in total. The van der Waals surface area contributed by atoms with Gasteiger partial charge in [-0.25, -0.2) is 4.98 Å². The van der Waals surface area contributed by atoms with Crippen LogP contribution >= 0.6 is 15.9 Å². The van der Waals surface area contributed by atoms with Gasteiger partial charge in [-0.05, 0) is 52.3 Å². The van der Waals surface area contributed by atoms with Crippen LogP contribution in [0.1, 0.15) is 0 Å². The molecule has 3 aromatic rings. The van der Waals surface area contributed by atoms with Gasteiger partial charge in [0, 0.05) is 16.2 Å². The number of nitrogens with zero attached hydrogens (tertiary/aromatic N) is 2. The molecule has 0 aliphatic carbocycles. The van der Waals surface area contributed by atoms with Crippen molar-refractivity contribution in [2.45, 2.75) is 6.36 Å². The van der Waals surface area contributed by atoms with Crippen LogP contribution in [0.3, 0.4) is 0 Å². The van der Waals surface area contributed by atoms with E-state index in [1.165, 1.54) is 12.1 Å². The third-order valence-corrected chi connectivity index (χ3v) is 3.32. The van der Waals surface area contributed by atoms with E-state index in [2.05, 4.69) is 25.7 Å². The number of pyridine rings is 1. The smallest absolute Gasteiger partial charge is 0.406 e. The molecule has 0 radical (unpaired) electrons. The number of halogens is 4. The summed E-state index contributed by atoms with van der Waals surface area (Å²) in [7, 11) is 0. The summed E-state index contributed by atoms with van der Waals surface area (Å²) in [5, 5.41) is 0. The van der Waals surface area contributed by atoms with Gasteiger partial charge in [0.1, 0.15) is 11.4 Å². The van der Waals surface area contributed by atoms with Crippen LogP contribution < -0.4 is 4.74 Å². The molecule has 2 aromatic heterocycles. The van der Waals surface area contributed by atoms with Gasteiger partial charge in [0.2, 0.25) is 0 Å². The van der Waals surface area contributed by atoms with E-state index < -0.39 is 6.36 Å². The standard InChI is InChI=1S/C14H8BrF3N2O/c15-10-3-6-13-19-7-12(20(13)8-10)9-1-4-11(5-2-9)21-14(16,17)18/h1-8H. The van der Waals surface area contributed by atoms with Gasteiger partial charge in [0.15, 0.2) is 0 Å². The maximum absolute atomic E-state index is 12.1. The molecule has 0 atom stereocenters. The number of hydrogen-bond donors (Lipinski definition) is 0. The van der Waals surface area contributed by atoms with E-state index in [4.69, 9.17) is 0 Å². The van der Waals surface area contributed by atoms with Gasteiger partial charge in [-0.15, -0.1) is 13.2 Å². The molecule has 0 N–H and O–H groups in total. The second-order valence-electron chi connectivity index (χ2n) is 4.29. The first-order valence-electron chi connectivity index (χ1n) is 5.91. The van der Waals surface area contributed by atoms with E-state index in [1.54, 1.807) is 18.3 Å². The van der Waals surface area contributed by atoms with E-state index in [1.807, 2.05) is 22.7 Å². The van der Waals surface area contributed by atoms with Crippen LogP contribution in [0.4, 0.5) is 13.2 Å². The van der Waals surface area contributed by atoms with Crippen LogP contribution in [0, 0.1) is 0 Å². The molecular formula is C14H8BrF3N2O. The van der Waals surface area contributed by atoms with E-state index in [0.29, 0.717) is 0 Å². The van der Waals surface area contributed by atoms with Crippen molar-refractivity contribution in [2.75, 3.05) is 0 Å². The number of benzene rings is 1. The Balaban J connectivity index is 1.97. The van der Waals surface area contributed by atoms with Crippen LogP contribution in [0.5, 0.6) is 5.75 Å². The lowest BCUT2D eigenvalue weighted by atomic mass is 10.1. The molecule has 2 heterocycles. The van der Waals surface area contributed by atoms with Crippen molar-refractivity contribution in [3.05, 3.63) is 53.3 Å². The van der Waals surface area contributed by atoms with Gasteiger partial charge >= 0.3 is 6.36 Å². The molecule has 0 saturated carbocycles. The summed E-state index contributed by atoms with van der Waals surface area (Å²) in [6.45, 7) is 0. The lowest BCUT2D eigenvalue weighted by Crippen LogP contribution is -2.16. The molecule has 0 unspecified atom stereocenters. The van der Waals surface area contributed by atoms with Gasteiger partial charge in [-0.3, -0.25) is 4.40 Å². The maximum atomic E-state index is 12.1. The molecule has 0 fully saturated rings. The van der Waals surface area contributed by atoms with Gasteiger partial charge in [0.25, 0.3) is 0 Å². The molecule has 0 aliphatic rings. The second kappa shape index (κ2) is 5.07. The van der Waals surface area contributed by atoms with Crippen molar-refractivity contribution >= 4 is 21.6 Å². The average molecular weight is 357 g/mol. The van der Waals surface area contributed by atoms with Gasteiger partial charge < -0.3 is 4.74 Å². The van der Waals surface area contributed by atoms with Crippen molar-refractivity contribution in [1.29, 1.82) is 0 Å². The third kappa shape index (κ3) is 3.02. The summed E-state index contributed by atoms with van der Waals surface area (Å²) < 4.78 is 43.0. The SMILES string of the molecule is FC(F)(F)Oc1ccc(-c2cnc3ccc(Br)cn23)cc1. The van der Waals surface area contributed by atoms with Crippen LogP contribution in [0.25, 0.3) is 16.9 Å². The highest BCUT2D eigenvalue weighted by Gasteiger charge is 2.30. The Labute approximate surface area is 126 Å². The third-order valence-electron chi connectivity index (χ3n) is 2.85. The van der Waals surface area contributed by atoms with E-state index in [9.17, 15) is 13.2 Å². The van der Waals surface area contributed by atoms with Crippen molar-refractivity contribution in [1.82, 2.24) is 9.38 Å². The molecule has 108 valence electrons. The Morgan fingerprint density at radius 3 is 2.43 bits per heavy atom. The maximum Gasteiger partial charge on any atom is 0.573 e. The molecule has 0 bridgehead atoms. The molecule has 1 aromatic carbocycles. The Hall–Kier alpha value is -2.02. The highest BCUT2D eigenvalue weighted by atomic mass is 79.9. The zero-order chi connectivity index (χ0) is 15.0. The predicted octanol–water partition coefficient (Wildman–Crippen LogP) is 4.66. The summed E-state index contributed by atoms with van der Waals surface area (Å²) in [5.74, 6) is -0.249. The van der Waals surface area contributed by atoms with Crippen molar-refractivity contribution in [3.63, 3.8) is 0 Å². The number of fused-ring (bicyclic) bond motifs is 1. The first kappa shape index (κ1) is 13.9. The lowest BCUT2D eigenvalue weighted by molar-refractivity contribution is -0.274. The summed E-state index contributed by atoms with van der Waals surface area (Å²) in [4.78, 5) is 4.25. The van der Waals surface area contributed by atoms with Crippen molar-refractivity contribution < 1.29 is 17.9 Å². The molecular weight excluding hydrogens is 349 g/mol. The Morgan fingerprint density at radius 1 is 1.05 bits per heavy atom. The molecule has 0 aliphatic heterocycles. The first-order chi connectivity index (χ1) is 9.92. The lowest BCUT2D eigenvalue weighted by Gasteiger charge is -2.09. The molecule has 0 spiro atoms. The number of ether oxygens (including phenoxy) is 1. The molecule has 21 heavy (non-hydrogen) atoms. The minimum atomic E-state index is -4.68. The van der Waals surface area contributed by atoms with E-state index in [-0.39, 0.29) is 5.75 Å². The molecule has 3 rings (SSSR count). The minimum Gasteiger partial charge on any atom is -0.406 e. The number of imidazole rings is 1. The summed E-state index contributed by atoms with van der Waals surface area (Å²) in [5.41, 5.74) is 2.28. The fraction of sp³-hybridized carbons (Fsp3) is 0.0714. The fourth-order valence-electron chi connectivity index (χ4n) is 2.00. The molecule has 7 heteroatoms. The first-order valence-corrected chi connectivity index (χ1v) is 6.70. The highest BCUT2D eigenvalue weighted by Crippen LogP contribution is 2.27. The molecule has 0 saturated heterocycles. The Kier molecular flexibility index (Phi) is 3.36. The number of aromatic nitrogens is 2. The van der Waals surface area contributed by atoms with Crippen LogP contribution in [-0.4, -0.2) is 15.7 Å². The topological polar surface area (TPSA) is 26.5 Å². The van der Waals surface area contributed by atoms with E-state index in [0.717, 1.165) is 21.4 Å². The molecule has 0 amide bonds. The monoisotopic (exact) mass is 356 g/mol.